The van der Waals surface area contributed by atoms with Gasteiger partial charge in [0.05, 0.1) is 6.10 Å². The molecule has 1 saturated heterocycles. The number of hydrogen-bond acceptors (Lipinski definition) is 2. The summed E-state index contributed by atoms with van der Waals surface area (Å²) in [5.41, 5.74) is 2.00. The van der Waals surface area contributed by atoms with Gasteiger partial charge in [-0.3, -0.25) is 4.79 Å². The van der Waals surface area contributed by atoms with Crippen LogP contribution < -0.4 is 0 Å². The maximum absolute atomic E-state index is 12.4. The molecule has 1 amide bonds. The number of ether oxygens (including phenoxy) is 1. The second-order valence-corrected chi connectivity index (χ2v) is 6.57. The Hall–Kier alpha value is -1.49. The standard InChI is InChI=1S/C17H23F2NO2/c1-12-4-6-13(7-5-12)17(2,3)10-15(21)20-9-8-14(11-20)22-16(18)19/h4-7,14,16H,8-11H2,1-3H3/t14-/m0/s1. The first kappa shape index (κ1) is 16.9. The predicted octanol–water partition coefficient (Wildman–Crippen LogP) is 3.50. The SMILES string of the molecule is Cc1ccc(C(C)(C)CC(=O)N2CC[C@H](OC(F)F)C2)cc1. The van der Waals surface area contributed by atoms with Crippen LogP contribution in [0.25, 0.3) is 0 Å². The fraction of sp³-hybridized carbons (Fsp3) is 0.588. The lowest BCUT2D eigenvalue weighted by atomic mass is 9.81. The van der Waals surface area contributed by atoms with Gasteiger partial charge in [-0.25, -0.2) is 0 Å². The summed E-state index contributed by atoms with van der Waals surface area (Å²) in [6.07, 6.45) is 0.282. The first-order valence-corrected chi connectivity index (χ1v) is 7.56. The molecular weight excluding hydrogens is 288 g/mol. The lowest BCUT2D eigenvalue weighted by Crippen LogP contribution is -2.35. The zero-order chi connectivity index (χ0) is 16.3. The molecule has 1 heterocycles. The van der Waals surface area contributed by atoms with E-state index in [1.165, 1.54) is 5.56 Å². The number of likely N-dealkylation sites (tertiary alicyclic amines) is 1. The van der Waals surface area contributed by atoms with Crippen molar-refractivity contribution in [1.82, 2.24) is 4.90 Å². The van der Waals surface area contributed by atoms with Gasteiger partial charge in [0.2, 0.25) is 5.91 Å². The van der Waals surface area contributed by atoms with Gasteiger partial charge in [-0.1, -0.05) is 43.7 Å². The van der Waals surface area contributed by atoms with Crippen molar-refractivity contribution >= 4 is 5.91 Å². The number of benzene rings is 1. The molecule has 5 heteroatoms. The van der Waals surface area contributed by atoms with Gasteiger partial charge in [0.15, 0.2) is 0 Å². The van der Waals surface area contributed by atoms with Crippen LogP contribution in [0.5, 0.6) is 0 Å². The fourth-order valence-corrected chi connectivity index (χ4v) is 2.81. The van der Waals surface area contributed by atoms with Crippen LogP contribution in [-0.2, 0) is 14.9 Å². The largest absolute Gasteiger partial charge is 0.345 e. The Morgan fingerprint density at radius 1 is 1.36 bits per heavy atom. The van der Waals surface area contributed by atoms with E-state index in [4.69, 9.17) is 0 Å². The molecule has 0 spiro atoms. The van der Waals surface area contributed by atoms with Gasteiger partial charge < -0.3 is 9.64 Å². The Labute approximate surface area is 130 Å². The van der Waals surface area contributed by atoms with E-state index in [-0.39, 0.29) is 17.9 Å². The van der Waals surface area contributed by atoms with Crippen LogP contribution in [-0.4, -0.2) is 36.6 Å². The summed E-state index contributed by atoms with van der Waals surface area (Å²) in [5.74, 6) is -0.00839. The first-order valence-electron chi connectivity index (χ1n) is 7.56. The molecule has 22 heavy (non-hydrogen) atoms. The number of hydrogen-bond donors (Lipinski definition) is 0. The third kappa shape index (κ3) is 4.26. The van der Waals surface area contributed by atoms with Crippen LogP contribution in [0, 0.1) is 6.92 Å². The van der Waals surface area contributed by atoms with Gasteiger partial charge in [-0.15, -0.1) is 0 Å². The van der Waals surface area contributed by atoms with E-state index in [0.29, 0.717) is 19.4 Å². The second-order valence-electron chi connectivity index (χ2n) is 6.57. The molecule has 0 radical (unpaired) electrons. The highest BCUT2D eigenvalue weighted by Crippen LogP contribution is 2.29. The third-order valence-corrected chi connectivity index (χ3v) is 4.22. The molecule has 3 nitrogen and oxygen atoms in total. The molecule has 1 aliphatic heterocycles. The minimum atomic E-state index is -2.77. The smallest absolute Gasteiger partial charge is 0.340 e. The molecule has 0 N–H and O–H groups in total. The highest BCUT2D eigenvalue weighted by molar-refractivity contribution is 5.78. The van der Waals surface area contributed by atoms with Crippen molar-refractivity contribution in [1.29, 1.82) is 0 Å². The summed E-state index contributed by atoms with van der Waals surface area (Å²) in [6, 6.07) is 8.14. The van der Waals surface area contributed by atoms with E-state index in [1.54, 1.807) is 4.90 Å². The molecular formula is C17H23F2NO2. The van der Waals surface area contributed by atoms with Crippen LogP contribution in [0.3, 0.4) is 0 Å². The topological polar surface area (TPSA) is 29.5 Å². The Morgan fingerprint density at radius 3 is 2.59 bits per heavy atom. The van der Waals surface area contributed by atoms with Gasteiger partial charge >= 0.3 is 6.61 Å². The van der Waals surface area contributed by atoms with E-state index >= 15 is 0 Å². The highest BCUT2D eigenvalue weighted by Gasteiger charge is 2.32. The van der Waals surface area contributed by atoms with Crippen LogP contribution in [0.15, 0.2) is 24.3 Å². The lowest BCUT2D eigenvalue weighted by molar-refractivity contribution is -0.160. The zero-order valence-electron chi connectivity index (χ0n) is 13.3. The minimum absolute atomic E-state index is 0.00839. The van der Waals surface area contributed by atoms with Gasteiger partial charge in [0.1, 0.15) is 0 Å². The normalized spacial score (nSPS) is 19.0. The maximum atomic E-state index is 12.4. The number of alkyl halides is 2. The molecule has 1 atom stereocenters. The fourth-order valence-electron chi connectivity index (χ4n) is 2.81. The number of halogens is 2. The summed E-state index contributed by atoms with van der Waals surface area (Å²) in [6.45, 7) is 4.05. The summed E-state index contributed by atoms with van der Waals surface area (Å²) in [4.78, 5) is 14.0. The monoisotopic (exact) mass is 311 g/mol. The zero-order valence-corrected chi connectivity index (χ0v) is 13.3. The summed E-state index contributed by atoms with van der Waals surface area (Å²) < 4.78 is 28.9. The number of carbonyl (C=O) groups excluding carboxylic acids is 1. The Morgan fingerprint density at radius 2 is 2.00 bits per heavy atom. The second kappa shape index (κ2) is 6.73. The molecule has 122 valence electrons. The van der Waals surface area contributed by atoms with Crippen molar-refractivity contribution in [3.63, 3.8) is 0 Å². The van der Waals surface area contributed by atoms with Gasteiger partial charge in [-0.2, -0.15) is 8.78 Å². The molecule has 0 aliphatic carbocycles. The Kier molecular flexibility index (Phi) is 5.16. The molecule has 1 fully saturated rings. The third-order valence-electron chi connectivity index (χ3n) is 4.22. The van der Waals surface area contributed by atoms with E-state index in [0.717, 1.165) is 5.56 Å². The van der Waals surface area contributed by atoms with Crippen molar-refractivity contribution in [3.8, 4) is 0 Å². The van der Waals surface area contributed by atoms with Crippen LogP contribution in [0.2, 0.25) is 0 Å². The molecule has 0 unspecified atom stereocenters. The van der Waals surface area contributed by atoms with Crippen LogP contribution in [0.1, 0.15) is 37.8 Å². The summed E-state index contributed by atoms with van der Waals surface area (Å²) >= 11 is 0. The van der Waals surface area contributed by atoms with Crippen molar-refractivity contribution in [2.75, 3.05) is 13.1 Å². The number of nitrogens with zero attached hydrogens (tertiary/aromatic N) is 1. The summed E-state index contributed by atoms with van der Waals surface area (Å²) in [7, 11) is 0. The highest BCUT2D eigenvalue weighted by atomic mass is 19.3. The van der Waals surface area contributed by atoms with Crippen LogP contribution in [0.4, 0.5) is 8.78 Å². The van der Waals surface area contributed by atoms with Gasteiger partial charge in [0.25, 0.3) is 0 Å². The lowest BCUT2D eigenvalue weighted by Gasteiger charge is -2.27. The first-order chi connectivity index (χ1) is 10.3. The summed E-state index contributed by atoms with van der Waals surface area (Å²) in [5, 5.41) is 0. The number of rotatable bonds is 5. The number of carbonyl (C=O) groups is 1. The van der Waals surface area contributed by atoms with Crippen LogP contribution >= 0.6 is 0 Å². The molecule has 1 aromatic rings. The molecule has 0 saturated carbocycles. The minimum Gasteiger partial charge on any atom is -0.340 e. The Bertz CT molecular complexity index is 514. The predicted molar refractivity (Wildman–Crippen MR) is 80.9 cm³/mol. The quantitative estimate of drug-likeness (QED) is 0.833. The average Bonchev–Trinajstić information content (AvgIpc) is 2.86. The molecule has 1 aliphatic rings. The van der Waals surface area contributed by atoms with E-state index in [9.17, 15) is 13.6 Å². The van der Waals surface area contributed by atoms with Crippen molar-refractivity contribution in [2.24, 2.45) is 0 Å². The molecule has 0 aromatic heterocycles. The average molecular weight is 311 g/mol. The maximum Gasteiger partial charge on any atom is 0.345 e. The molecule has 1 aromatic carbocycles. The molecule has 2 rings (SSSR count). The van der Waals surface area contributed by atoms with E-state index < -0.39 is 12.7 Å². The Balaban J connectivity index is 1.95. The van der Waals surface area contributed by atoms with Crippen molar-refractivity contribution in [3.05, 3.63) is 35.4 Å². The van der Waals surface area contributed by atoms with Gasteiger partial charge in [-0.05, 0) is 24.3 Å². The molecule has 0 bridgehead atoms. The van der Waals surface area contributed by atoms with Crippen molar-refractivity contribution in [2.45, 2.75) is 51.7 Å². The van der Waals surface area contributed by atoms with Crippen molar-refractivity contribution < 1.29 is 18.3 Å². The van der Waals surface area contributed by atoms with E-state index in [1.807, 2.05) is 45.0 Å². The number of amides is 1. The van der Waals surface area contributed by atoms with E-state index in [2.05, 4.69) is 4.74 Å². The van der Waals surface area contributed by atoms with Gasteiger partial charge in [0, 0.05) is 19.5 Å². The number of aryl methyl sites for hydroxylation is 1.